The van der Waals surface area contributed by atoms with Gasteiger partial charge in [0.15, 0.2) is 6.10 Å². The van der Waals surface area contributed by atoms with Gasteiger partial charge in [0.1, 0.15) is 24.1 Å². The minimum Gasteiger partial charge on any atom is -0.756 e. The van der Waals surface area contributed by atoms with Crippen molar-refractivity contribution in [2.24, 2.45) is 0 Å². The summed E-state index contributed by atoms with van der Waals surface area (Å²) in [7, 11) is -5.26. The molecule has 1 aromatic carbocycles. The van der Waals surface area contributed by atoms with Crippen molar-refractivity contribution in [3.8, 4) is 0 Å². The summed E-state index contributed by atoms with van der Waals surface area (Å²) < 4.78 is 60.6. The molecule has 0 aliphatic carbocycles. The van der Waals surface area contributed by atoms with Gasteiger partial charge >= 0.3 is 17.6 Å². The van der Waals surface area contributed by atoms with Crippen LogP contribution in [-0.2, 0) is 36.4 Å². The van der Waals surface area contributed by atoms with E-state index < -0.39 is 56.9 Å². The summed E-state index contributed by atoms with van der Waals surface area (Å²) in [6.45, 7) is 11.1. The topological polar surface area (TPSA) is 178 Å². The van der Waals surface area contributed by atoms with E-state index in [0.29, 0.717) is 15.9 Å². The van der Waals surface area contributed by atoms with Crippen molar-refractivity contribution in [2.75, 3.05) is 26.2 Å². The number of phosphoric ester groups is 1. The molecule has 44 heavy (non-hydrogen) atoms. The van der Waals surface area contributed by atoms with Gasteiger partial charge in [0.25, 0.3) is 7.82 Å². The molecule has 0 amide bonds. The van der Waals surface area contributed by atoms with Crippen molar-refractivity contribution < 1.29 is 56.3 Å². The van der Waals surface area contributed by atoms with E-state index in [1.54, 1.807) is 11.0 Å². The summed E-state index contributed by atoms with van der Waals surface area (Å²) in [4.78, 5) is 49.2. The molecule has 3 heterocycles. The number of rotatable bonds is 11. The monoisotopic (exact) mass is 709 g/mol. The Hall–Kier alpha value is -2.56. The van der Waals surface area contributed by atoms with Gasteiger partial charge in [-0.1, -0.05) is 0 Å². The van der Waals surface area contributed by atoms with E-state index in [2.05, 4.69) is 46.2 Å². The highest BCUT2D eigenvalue weighted by atomic mass is 79.9. The molecule has 0 spiro atoms. The lowest BCUT2D eigenvalue weighted by Gasteiger charge is -2.21. The molecule has 0 bridgehead atoms. The Kier molecular flexibility index (Phi) is 12.4. The number of benzene rings is 1. The van der Waals surface area contributed by atoms with Gasteiger partial charge in [0.2, 0.25) is 6.23 Å². The number of fused-ring (bicyclic) bond motifs is 1. The first-order valence-electron chi connectivity index (χ1n) is 13.7. The first kappa shape index (κ1) is 35.9. The fourth-order valence-electron chi connectivity index (χ4n) is 4.47. The van der Waals surface area contributed by atoms with Gasteiger partial charge in [-0.05, 0) is 73.5 Å². The molecule has 4 rings (SSSR count). The third kappa shape index (κ3) is 9.23. The lowest BCUT2D eigenvalue weighted by Crippen LogP contribution is -3.11. The van der Waals surface area contributed by atoms with E-state index in [-0.39, 0.29) is 12.3 Å². The molecular formula is C27H35BrF2N3O10P. The molecule has 1 fully saturated rings. The Labute approximate surface area is 260 Å². The number of nitrogens with one attached hydrogen (secondary N) is 1. The van der Waals surface area contributed by atoms with Crippen LogP contribution in [0.4, 0.5) is 8.78 Å². The summed E-state index contributed by atoms with van der Waals surface area (Å²) in [6, 6.07) is 6.59. The Morgan fingerprint density at radius 3 is 2.48 bits per heavy atom. The Morgan fingerprint density at radius 1 is 1.25 bits per heavy atom. The standard InChI is InChI=1S/C21H20BrF2N2O10P.C6H15N/c1-10-4-11-6-13(35-17(11)14(22)5-10)8-33-16(27)7-12-2-3-26(20(29)25-12)19-21(23,24)18(28)15(36-19)9-34-37(30,31)32;1-4-7(5-2)6-3/h2-6,15,18-19,28H,7-9H2,1H3,(H2,30,31,32);4-6H2,1-3H3/t15-,18-,19-;/m1./s1. The molecule has 2 aromatic heterocycles. The maximum Gasteiger partial charge on any atom is 0.350 e. The largest absolute Gasteiger partial charge is 0.756 e. The van der Waals surface area contributed by atoms with Crippen LogP contribution in [0, 0.1) is 6.92 Å². The number of aryl methyl sites for hydroxylation is 1. The summed E-state index contributed by atoms with van der Waals surface area (Å²) in [5.41, 5.74) is 0.286. The van der Waals surface area contributed by atoms with Gasteiger partial charge in [0, 0.05) is 11.6 Å². The van der Waals surface area contributed by atoms with Crippen LogP contribution in [0.5, 0.6) is 0 Å². The summed E-state index contributed by atoms with van der Waals surface area (Å²) >= 11 is 3.40. The average molecular weight is 710 g/mol. The molecule has 4 atom stereocenters. The zero-order chi connectivity index (χ0) is 32.8. The van der Waals surface area contributed by atoms with E-state index in [0.717, 1.165) is 27.7 Å². The number of halogens is 3. The van der Waals surface area contributed by atoms with Gasteiger partial charge in [-0.3, -0.25) is 13.9 Å². The number of ether oxygens (including phenoxy) is 2. The van der Waals surface area contributed by atoms with Crippen LogP contribution < -0.4 is 15.5 Å². The molecule has 13 nitrogen and oxygen atoms in total. The fourth-order valence-corrected chi connectivity index (χ4v) is 5.48. The second kappa shape index (κ2) is 15.1. The molecule has 244 valence electrons. The summed E-state index contributed by atoms with van der Waals surface area (Å²) in [5.74, 6) is -4.42. The van der Waals surface area contributed by atoms with Gasteiger partial charge < -0.3 is 38.2 Å². The molecular weight excluding hydrogens is 675 g/mol. The molecule has 0 radical (unpaired) electrons. The van der Waals surface area contributed by atoms with Crippen LogP contribution in [0.2, 0.25) is 0 Å². The second-order valence-corrected chi connectivity index (χ2v) is 12.1. The minimum absolute atomic E-state index is 0.0801. The van der Waals surface area contributed by atoms with Crippen molar-refractivity contribution in [1.82, 2.24) is 9.55 Å². The maximum atomic E-state index is 14.5. The quantitative estimate of drug-likeness (QED) is 0.195. The fraction of sp³-hybridized carbons (Fsp3) is 0.519. The first-order chi connectivity index (χ1) is 20.6. The van der Waals surface area contributed by atoms with Gasteiger partial charge in [0.05, 0.1) is 42.8 Å². The number of aliphatic hydroxyl groups is 1. The lowest BCUT2D eigenvalue weighted by molar-refractivity contribution is -0.894. The molecule has 1 unspecified atom stereocenters. The van der Waals surface area contributed by atoms with Gasteiger partial charge in [-0.25, -0.2) is 4.79 Å². The van der Waals surface area contributed by atoms with E-state index >= 15 is 0 Å². The van der Waals surface area contributed by atoms with Crippen molar-refractivity contribution in [2.45, 2.75) is 65.1 Å². The van der Waals surface area contributed by atoms with Gasteiger partial charge in [-0.15, -0.1) is 0 Å². The minimum atomic E-state index is -5.26. The van der Waals surface area contributed by atoms with Crippen LogP contribution >= 0.6 is 23.8 Å². The normalized spacial score (nSPS) is 20.8. The highest BCUT2D eigenvalue weighted by molar-refractivity contribution is 9.10. The smallest absolute Gasteiger partial charge is 0.350 e. The number of quaternary nitrogens is 1. The van der Waals surface area contributed by atoms with E-state index in [1.165, 1.54) is 19.6 Å². The van der Waals surface area contributed by atoms with E-state index in [9.17, 15) is 32.9 Å². The Morgan fingerprint density at radius 2 is 1.91 bits per heavy atom. The van der Waals surface area contributed by atoms with Crippen LogP contribution in [0.1, 0.15) is 44.0 Å². The zero-order valence-electron chi connectivity index (χ0n) is 24.5. The molecule has 3 N–H and O–H groups in total. The zero-order valence-corrected chi connectivity index (χ0v) is 27.0. The third-order valence-electron chi connectivity index (χ3n) is 6.89. The highest BCUT2D eigenvalue weighted by Crippen LogP contribution is 2.43. The van der Waals surface area contributed by atoms with Crippen molar-refractivity contribution in [3.05, 3.63) is 62.4 Å². The predicted molar refractivity (Wildman–Crippen MR) is 154 cm³/mol. The number of phosphoric acid groups is 1. The number of furan rings is 1. The number of esters is 1. The number of carbonyl (C=O) groups excluding carboxylic acids is 1. The van der Waals surface area contributed by atoms with Crippen molar-refractivity contribution >= 4 is 40.7 Å². The van der Waals surface area contributed by atoms with Crippen molar-refractivity contribution in [1.29, 1.82) is 0 Å². The SMILES string of the molecule is CC[NH+](CC)CC.Cc1cc(Br)c2oc(COC(=O)Cc3ccn([C@@H]4O[C@H](COP(=O)([O-])O)[C@@H](O)C4(F)F)c(=O)n3)cc2c1. The molecule has 1 aliphatic heterocycles. The van der Waals surface area contributed by atoms with E-state index in [1.807, 2.05) is 19.1 Å². The van der Waals surface area contributed by atoms with Crippen LogP contribution in [0.15, 0.2) is 44.1 Å². The lowest BCUT2D eigenvalue weighted by atomic mass is 10.1. The second-order valence-electron chi connectivity index (χ2n) is 10.0. The van der Waals surface area contributed by atoms with Crippen LogP contribution in [0.25, 0.3) is 11.0 Å². The van der Waals surface area contributed by atoms with Crippen molar-refractivity contribution in [3.63, 3.8) is 0 Å². The number of aliphatic hydroxyl groups excluding tert-OH is 1. The van der Waals surface area contributed by atoms with Gasteiger partial charge in [-0.2, -0.15) is 13.8 Å². The summed E-state index contributed by atoms with van der Waals surface area (Å²) in [6.07, 6.45) is -6.34. The molecule has 1 aliphatic rings. The maximum absolute atomic E-state index is 14.5. The molecule has 0 saturated carbocycles. The number of carbonyl (C=O) groups is 1. The van der Waals surface area contributed by atoms with Crippen LogP contribution in [-0.4, -0.2) is 69.9 Å². The number of hydrogen-bond acceptors (Lipinski definition) is 10. The molecule has 3 aromatic rings. The predicted octanol–water partition coefficient (Wildman–Crippen LogP) is 1.65. The highest BCUT2D eigenvalue weighted by Gasteiger charge is 2.59. The Balaban J connectivity index is 0.000000676. The molecule has 17 heteroatoms. The first-order valence-corrected chi connectivity index (χ1v) is 16.0. The number of aromatic nitrogens is 2. The number of hydrogen-bond donors (Lipinski definition) is 3. The summed E-state index contributed by atoms with van der Waals surface area (Å²) in [5, 5.41) is 10.6. The molecule has 1 saturated heterocycles. The Bertz CT molecular complexity index is 1540. The van der Waals surface area contributed by atoms with E-state index in [4.69, 9.17) is 18.8 Å². The average Bonchev–Trinajstić information content (AvgIpc) is 3.45. The van der Waals surface area contributed by atoms with Crippen LogP contribution in [0.3, 0.4) is 0 Å². The third-order valence-corrected chi connectivity index (χ3v) is 7.95. The number of nitrogens with zero attached hydrogens (tertiary/aromatic N) is 2. The number of alkyl halides is 2.